The lowest BCUT2D eigenvalue weighted by atomic mass is 9.93. The van der Waals surface area contributed by atoms with Crippen molar-refractivity contribution in [3.8, 4) is 0 Å². The zero-order chi connectivity index (χ0) is 11.3. The maximum absolute atomic E-state index is 3.27. The molecule has 0 aliphatic carbocycles. The fourth-order valence-corrected chi connectivity index (χ4v) is 2.04. The van der Waals surface area contributed by atoms with Gasteiger partial charge >= 0.3 is 0 Å². The molecule has 84 valence electrons. The largest absolute Gasteiger partial charge is 0.319 e. The van der Waals surface area contributed by atoms with E-state index in [0.29, 0.717) is 0 Å². The normalized spacial score (nSPS) is 12.8. The summed E-state index contributed by atoms with van der Waals surface area (Å²) in [5, 5.41) is 3.27. The first-order valence-corrected chi connectivity index (χ1v) is 5.88. The van der Waals surface area contributed by atoms with Crippen molar-refractivity contribution in [1.29, 1.82) is 0 Å². The lowest BCUT2D eigenvalue weighted by Crippen LogP contribution is -2.20. The summed E-state index contributed by atoms with van der Waals surface area (Å²) in [6.07, 6.45) is 2.44. The molecule has 0 radical (unpaired) electrons. The molecule has 0 aliphatic rings. The van der Waals surface area contributed by atoms with Crippen LogP contribution in [0.1, 0.15) is 30.0 Å². The van der Waals surface area contributed by atoms with E-state index in [1.54, 1.807) is 0 Å². The second-order valence-corrected chi connectivity index (χ2v) is 4.47. The van der Waals surface area contributed by atoms with Crippen molar-refractivity contribution < 1.29 is 0 Å². The second kappa shape index (κ2) is 5.92. The first-order valence-electron chi connectivity index (χ1n) is 5.88. The first-order chi connectivity index (χ1) is 7.17. The molecule has 0 heterocycles. The van der Waals surface area contributed by atoms with Crippen molar-refractivity contribution in [2.24, 2.45) is 5.92 Å². The van der Waals surface area contributed by atoms with E-state index < -0.39 is 0 Å². The van der Waals surface area contributed by atoms with Gasteiger partial charge in [0.2, 0.25) is 0 Å². The molecule has 1 heteroatoms. The minimum atomic E-state index is 0.761. The van der Waals surface area contributed by atoms with E-state index in [0.717, 1.165) is 12.5 Å². The third-order valence-electron chi connectivity index (χ3n) is 3.08. The zero-order valence-electron chi connectivity index (χ0n) is 10.4. The highest BCUT2D eigenvalue weighted by molar-refractivity contribution is 5.30. The van der Waals surface area contributed by atoms with E-state index >= 15 is 0 Å². The third kappa shape index (κ3) is 3.67. The fraction of sp³-hybridized carbons (Fsp3) is 0.571. The maximum Gasteiger partial charge on any atom is -0.00204 e. The molecule has 0 fully saturated rings. The molecule has 1 N–H and O–H groups in total. The van der Waals surface area contributed by atoms with Crippen LogP contribution in [0.4, 0.5) is 0 Å². The van der Waals surface area contributed by atoms with Gasteiger partial charge in [-0.15, -0.1) is 0 Å². The van der Waals surface area contributed by atoms with Crippen molar-refractivity contribution in [3.05, 3.63) is 34.9 Å². The molecular formula is C14H23N. The van der Waals surface area contributed by atoms with Gasteiger partial charge in [0.05, 0.1) is 0 Å². The number of rotatable bonds is 5. The van der Waals surface area contributed by atoms with Gasteiger partial charge in [-0.25, -0.2) is 0 Å². The van der Waals surface area contributed by atoms with Gasteiger partial charge in [0.25, 0.3) is 0 Å². The lowest BCUT2D eigenvalue weighted by molar-refractivity contribution is 0.480. The molecule has 1 atom stereocenters. The van der Waals surface area contributed by atoms with Crippen LogP contribution >= 0.6 is 0 Å². The Morgan fingerprint density at radius 1 is 1.27 bits per heavy atom. The van der Waals surface area contributed by atoms with E-state index in [9.17, 15) is 0 Å². The lowest BCUT2D eigenvalue weighted by Gasteiger charge is -2.16. The van der Waals surface area contributed by atoms with E-state index in [2.05, 4.69) is 44.3 Å². The number of aryl methyl sites for hydroxylation is 2. The summed E-state index contributed by atoms with van der Waals surface area (Å²) < 4.78 is 0. The minimum Gasteiger partial charge on any atom is -0.319 e. The summed E-state index contributed by atoms with van der Waals surface area (Å²) >= 11 is 0. The van der Waals surface area contributed by atoms with Gasteiger partial charge in [-0.2, -0.15) is 0 Å². The van der Waals surface area contributed by atoms with E-state index in [1.807, 2.05) is 7.05 Å². The second-order valence-electron chi connectivity index (χ2n) is 4.47. The molecule has 0 spiro atoms. The Balaban J connectivity index is 2.70. The van der Waals surface area contributed by atoms with Gasteiger partial charge in [-0.3, -0.25) is 0 Å². The number of nitrogens with one attached hydrogen (secondary N) is 1. The molecule has 0 bridgehead atoms. The smallest absolute Gasteiger partial charge is 0.00204 e. The number of hydrogen-bond donors (Lipinski definition) is 1. The van der Waals surface area contributed by atoms with Crippen molar-refractivity contribution in [3.63, 3.8) is 0 Å². The Morgan fingerprint density at radius 2 is 2.00 bits per heavy atom. The third-order valence-corrected chi connectivity index (χ3v) is 3.08. The molecule has 0 saturated heterocycles. The predicted octanol–water partition coefficient (Wildman–Crippen LogP) is 3.09. The quantitative estimate of drug-likeness (QED) is 0.779. The Labute approximate surface area is 93.9 Å². The summed E-state index contributed by atoms with van der Waals surface area (Å²) in [5.41, 5.74) is 4.30. The molecule has 0 aliphatic heterocycles. The Bertz CT molecular complexity index is 304. The molecule has 0 amide bonds. The first kappa shape index (κ1) is 12.3. The van der Waals surface area contributed by atoms with Crippen LogP contribution in [0.3, 0.4) is 0 Å². The van der Waals surface area contributed by atoms with Gasteiger partial charge < -0.3 is 5.32 Å². The van der Waals surface area contributed by atoms with Crippen molar-refractivity contribution in [1.82, 2.24) is 5.32 Å². The Kier molecular flexibility index (Phi) is 4.83. The number of hydrogen-bond acceptors (Lipinski definition) is 1. The van der Waals surface area contributed by atoms with Crippen LogP contribution < -0.4 is 5.32 Å². The van der Waals surface area contributed by atoms with E-state index in [1.165, 1.54) is 29.5 Å². The average Bonchev–Trinajstić information content (AvgIpc) is 2.21. The standard InChI is InChI=1S/C14H23N/c1-5-13(10-15-4)9-14-7-6-11(2)8-12(14)3/h6-8,13,15H,5,9-10H2,1-4H3. The minimum absolute atomic E-state index is 0.761. The molecule has 1 nitrogen and oxygen atoms in total. The molecule has 0 saturated carbocycles. The Morgan fingerprint density at radius 3 is 2.53 bits per heavy atom. The molecule has 1 unspecified atom stereocenters. The summed E-state index contributed by atoms with van der Waals surface area (Å²) in [6.45, 7) is 7.76. The number of benzene rings is 1. The van der Waals surface area contributed by atoms with E-state index in [-0.39, 0.29) is 0 Å². The van der Waals surface area contributed by atoms with E-state index in [4.69, 9.17) is 0 Å². The maximum atomic E-state index is 3.27. The molecule has 15 heavy (non-hydrogen) atoms. The van der Waals surface area contributed by atoms with Crippen LogP contribution in [-0.2, 0) is 6.42 Å². The highest BCUT2D eigenvalue weighted by atomic mass is 14.8. The van der Waals surface area contributed by atoms with Gasteiger partial charge in [0.15, 0.2) is 0 Å². The monoisotopic (exact) mass is 205 g/mol. The zero-order valence-corrected chi connectivity index (χ0v) is 10.4. The van der Waals surface area contributed by atoms with Crippen molar-refractivity contribution in [2.45, 2.75) is 33.6 Å². The molecule has 1 rings (SSSR count). The summed E-state index contributed by atoms with van der Waals surface area (Å²) in [4.78, 5) is 0. The van der Waals surface area contributed by atoms with Crippen LogP contribution in [0.5, 0.6) is 0 Å². The predicted molar refractivity (Wildman–Crippen MR) is 67.3 cm³/mol. The summed E-state index contributed by atoms with van der Waals surface area (Å²) in [7, 11) is 2.03. The highest BCUT2D eigenvalue weighted by Gasteiger charge is 2.08. The van der Waals surface area contributed by atoms with Crippen LogP contribution in [0.25, 0.3) is 0 Å². The summed E-state index contributed by atoms with van der Waals surface area (Å²) in [5.74, 6) is 0.761. The topological polar surface area (TPSA) is 12.0 Å². The van der Waals surface area contributed by atoms with Crippen LogP contribution in [-0.4, -0.2) is 13.6 Å². The fourth-order valence-electron chi connectivity index (χ4n) is 2.04. The summed E-state index contributed by atoms with van der Waals surface area (Å²) in [6, 6.07) is 6.78. The van der Waals surface area contributed by atoms with Crippen LogP contribution in [0.15, 0.2) is 18.2 Å². The SMILES string of the molecule is CCC(CNC)Cc1ccc(C)cc1C. The van der Waals surface area contributed by atoms with Crippen LogP contribution in [0, 0.1) is 19.8 Å². The Hall–Kier alpha value is -0.820. The van der Waals surface area contributed by atoms with Crippen molar-refractivity contribution >= 4 is 0 Å². The molecule has 1 aromatic rings. The van der Waals surface area contributed by atoms with Crippen molar-refractivity contribution in [2.75, 3.05) is 13.6 Å². The highest BCUT2D eigenvalue weighted by Crippen LogP contribution is 2.16. The molecule has 0 aromatic heterocycles. The van der Waals surface area contributed by atoms with Crippen LogP contribution in [0.2, 0.25) is 0 Å². The van der Waals surface area contributed by atoms with Gasteiger partial charge in [-0.1, -0.05) is 37.1 Å². The van der Waals surface area contributed by atoms with Gasteiger partial charge in [-0.05, 0) is 50.9 Å². The van der Waals surface area contributed by atoms with Gasteiger partial charge in [0, 0.05) is 0 Å². The van der Waals surface area contributed by atoms with Gasteiger partial charge in [0.1, 0.15) is 0 Å². The molecular weight excluding hydrogens is 182 g/mol. The average molecular weight is 205 g/mol. The molecule has 1 aromatic carbocycles.